The molecule has 28 heavy (non-hydrogen) atoms. The zero-order valence-corrected chi connectivity index (χ0v) is 18.1. The van der Waals surface area contributed by atoms with E-state index in [1.165, 1.54) is 32.3 Å². The number of benzene rings is 2. The number of nitrogens with one attached hydrogen (secondary N) is 1. The predicted octanol–water partition coefficient (Wildman–Crippen LogP) is 4.18. The Hall–Kier alpha value is -1.86. The maximum atomic E-state index is 12.1. The van der Waals surface area contributed by atoms with Crippen molar-refractivity contribution >= 4 is 45.2 Å². The summed E-state index contributed by atoms with van der Waals surface area (Å²) in [4.78, 5) is 12.3. The third kappa shape index (κ3) is 5.58. The highest BCUT2D eigenvalue weighted by atomic mass is 35.5. The van der Waals surface area contributed by atoms with Gasteiger partial charge in [0.15, 0.2) is 0 Å². The minimum absolute atomic E-state index is 0.0472. The van der Waals surface area contributed by atoms with Crippen LogP contribution in [0.2, 0.25) is 10.0 Å². The Morgan fingerprint density at radius 2 is 1.68 bits per heavy atom. The van der Waals surface area contributed by atoms with Crippen LogP contribution in [-0.2, 0) is 14.8 Å². The molecule has 0 saturated heterocycles. The fourth-order valence-corrected chi connectivity index (χ4v) is 4.20. The van der Waals surface area contributed by atoms with E-state index < -0.39 is 10.0 Å². The molecule has 0 aliphatic carbocycles. The molecule has 5 nitrogen and oxygen atoms in total. The molecular weight excluding hydrogens is 419 g/mol. The van der Waals surface area contributed by atoms with Crippen molar-refractivity contribution in [3.05, 3.63) is 69.7 Å². The van der Waals surface area contributed by atoms with Gasteiger partial charge in [0.25, 0.3) is 0 Å². The largest absolute Gasteiger partial charge is 0.352 e. The van der Waals surface area contributed by atoms with E-state index in [1.54, 1.807) is 36.4 Å². The fraction of sp³-hybridized carbons (Fsp3) is 0.250. The second kappa shape index (κ2) is 9.56. The molecule has 1 unspecified atom stereocenters. The number of nitrogens with zero attached hydrogens (tertiary/aromatic N) is 1. The van der Waals surface area contributed by atoms with Crippen LogP contribution in [0.3, 0.4) is 0 Å². The molecule has 1 N–H and O–H groups in total. The van der Waals surface area contributed by atoms with Crippen LogP contribution in [0.4, 0.5) is 0 Å². The summed E-state index contributed by atoms with van der Waals surface area (Å²) < 4.78 is 25.2. The van der Waals surface area contributed by atoms with Crippen LogP contribution >= 0.6 is 23.2 Å². The van der Waals surface area contributed by atoms with Crippen LogP contribution in [-0.4, -0.2) is 39.3 Å². The van der Waals surface area contributed by atoms with E-state index in [1.807, 2.05) is 6.92 Å². The van der Waals surface area contributed by atoms with Crippen molar-refractivity contribution in [2.75, 3.05) is 20.6 Å². The van der Waals surface area contributed by atoms with Gasteiger partial charge in [-0.3, -0.25) is 4.79 Å². The summed E-state index contributed by atoms with van der Waals surface area (Å²) in [5.41, 5.74) is 1.52. The molecule has 2 aromatic rings. The van der Waals surface area contributed by atoms with E-state index in [4.69, 9.17) is 23.2 Å². The molecular formula is C20H22Cl2N2O3S. The predicted molar refractivity (Wildman–Crippen MR) is 114 cm³/mol. The molecule has 0 aromatic heterocycles. The van der Waals surface area contributed by atoms with Gasteiger partial charge < -0.3 is 5.32 Å². The molecule has 2 aromatic carbocycles. The number of carbonyl (C=O) groups is 1. The highest BCUT2D eigenvalue weighted by molar-refractivity contribution is 7.89. The van der Waals surface area contributed by atoms with Crippen molar-refractivity contribution in [1.82, 2.24) is 9.62 Å². The summed E-state index contributed by atoms with van der Waals surface area (Å²) in [7, 11) is -0.515. The van der Waals surface area contributed by atoms with Crippen molar-refractivity contribution in [1.29, 1.82) is 0 Å². The van der Waals surface area contributed by atoms with Gasteiger partial charge >= 0.3 is 0 Å². The summed E-state index contributed by atoms with van der Waals surface area (Å²) in [6.07, 6.45) is 3.02. The first-order chi connectivity index (χ1) is 13.1. The van der Waals surface area contributed by atoms with Gasteiger partial charge in [-0.25, -0.2) is 12.7 Å². The lowest BCUT2D eigenvalue weighted by Gasteiger charge is -2.15. The average Bonchev–Trinajstić information content (AvgIpc) is 2.64. The van der Waals surface area contributed by atoms with Crippen LogP contribution < -0.4 is 5.32 Å². The number of halogens is 2. The van der Waals surface area contributed by atoms with Crippen molar-refractivity contribution in [3.63, 3.8) is 0 Å². The Labute approximate surface area is 176 Å². The Morgan fingerprint density at radius 3 is 2.21 bits per heavy atom. The first-order valence-corrected chi connectivity index (χ1v) is 10.7. The Morgan fingerprint density at radius 1 is 1.11 bits per heavy atom. The number of hydrogen-bond acceptors (Lipinski definition) is 3. The quantitative estimate of drug-likeness (QED) is 0.656. The Balaban J connectivity index is 1.97. The standard InChI is InChI=1S/C20H22Cl2N2O3S/c1-14(20-17(21)5-4-6-18(20)22)13-23-19(25)12-9-15-7-10-16(11-8-15)28(26,27)24(2)3/h4-12,14H,13H2,1-3H3,(H,23,25)/b12-9+. The molecule has 0 spiro atoms. The molecule has 0 radical (unpaired) electrons. The smallest absolute Gasteiger partial charge is 0.244 e. The Kier molecular flexibility index (Phi) is 7.66. The zero-order valence-electron chi connectivity index (χ0n) is 15.8. The second-order valence-corrected chi connectivity index (χ2v) is 9.44. The van der Waals surface area contributed by atoms with Gasteiger partial charge in [-0.15, -0.1) is 0 Å². The maximum Gasteiger partial charge on any atom is 0.244 e. The number of carbonyl (C=O) groups excluding carboxylic acids is 1. The SMILES string of the molecule is CC(CNC(=O)/C=C/c1ccc(S(=O)(=O)N(C)C)cc1)c1c(Cl)cccc1Cl. The Bertz CT molecular complexity index is 951. The number of rotatable bonds is 7. The highest BCUT2D eigenvalue weighted by Gasteiger charge is 2.16. The maximum absolute atomic E-state index is 12.1. The molecule has 0 bridgehead atoms. The van der Waals surface area contributed by atoms with Crippen LogP contribution in [0.15, 0.2) is 53.4 Å². The van der Waals surface area contributed by atoms with Crippen molar-refractivity contribution in [2.45, 2.75) is 17.7 Å². The lowest BCUT2D eigenvalue weighted by molar-refractivity contribution is -0.116. The van der Waals surface area contributed by atoms with Crippen molar-refractivity contribution in [3.8, 4) is 0 Å². The monoisotopic (exact) mass is 440 g/mol. The summed E-state index contributed by atoms with van der Waals surface area (Å²) >= 11 is 12.4. The molecule has 0 fully saturated rings. The lowest BCUT2D eigenvalue weighted by atomic mass is 10.0. The topological polar surface area (TPSA) is 66.5 Å². The van der Waals surface area contributed by atoms with Gasteiger partial charge in [-0.1, -0.05) is 48.3 Å². The summed E-state index contributed by atoms with van der Waals surface area (Å²) in [5, 5.41) is 3.94. The van der Waals surface area contributed by atoms with Gasteiger partial charge in [0.1, 0.15) is 0 Å². The first kappa shape index (κ1) is 22.4. The molecule has 2 rings (SSSR count). The molecule has 0 aliphatic rings. The minimum Gasteiger partial charge on any atom is -0.352 e. The van der Waals surface area contributed by atoms with E-state index in [0.29, 0.717) is 16.6 Å². The van der Waals surface area contributed by atoms with E-state index in [2.05, 4.69) is 5.32 Å². The molecule has 150 valence electrons. The van der Waals surface area contributed by atoms with Gasteiger partial charge in [-0.2, -0.15) is 0 Å². The normalized spacial score (nSPS) is 13.1. The fourth-order valence-electron chi connectivity index (χ4n) is 2.53. The second-order valence-electron chi connectivity index (χ2n) is 6.47. The third-order valence-electron chi connectivity index (χ3n) is 4.16. The summed E-state index contributed by atoms with van der Waals surface area (Å²) in [6, 6.07) is 11.6. The molecule has 1 amide bonds. The van der Waals surface area contributed by atoms with Crippen LogP contribution in [0.25, 0.3) is 6.08 Å². The van der Waals surface area contributed by atoms with Crippen LogP contribution in [0.5, 0.6) is 0 Å². The van der Waals surface area contributed by atoms with E-state index >= 15 is 0 Å². The molecule has 1 atom stereocenters. The number of hydrogen-bond donors (Lipinski definition) is 1. The van der Waals surface area contributed by atoms with E-state index in [0.717, 1.165) is 15.4 Å². The molecule has 0 aliphatic heterocycles. The van der Waals surface area contributed by atoms with Gasteiger partial charge in [0.2, 0.25) is 15.9 Å². The van der Waals surface area contributed by atoms with Gasteiger partial charge in [-0.05, 0) is 41.5 Å². The minimum atomic E-state index is -3.47. The number of sulfonamides is 1. The van der Waals surface area contributed by atoms with Crippen LogP contribution in [0.1, 0.15) is 24.0 Å². The van der Waals surface area contributed by atoms with Crippen molar-refractivity contribution in [2.24, 2.45) is 0 Å². The molecule has 8 heteroatoms. The zero-order chi connectivity index (χ0) is 20.9. The third-order valence-corrected chi connectivity index (χ3v) is 6.65. The van der Waals surface area contributed by atoms with Crippen LogP contribution in [0, 0.1) is 0 Å². The number of amides is 1. The van der Waals surface area contributed by atoms with E-state index in [-0.39, 0.29) is 16.7 Å². The van der Waals surface area contributed by atoms with Gasteiger partial charge in [0, 0.05) is 42.7 Å². The summed E-state index contributed by atoms with van der Waals surface area (Å²) in [5.74, 6) is -0.311. The molecule has 0 heterocycles. The average molecular weight is 441 g/mol. The lowest BCUT2D eigenvalue weighted by Crippen LogP contribution is -2.25. The van der Waals surface area contributed by atoms with Gasteiger partial charge in [0.05, 0.1) is 4.90 Å². The van der Waals surface area contributed by atoms with E-state index in [9.17, 15) is 13.2 Å². The molecule has 0 saturated carbocycles. The summed E-state index contributed by atoms with van der Waals surface area (Å²) in [6.45, 7) is 2.31. The highest BCUT2D eigenvalue weighted by Crippen LogP contribution is 2.30. The first-order valence-electron chi connectivity index (χ1n) is 8.55. The van der Waals surface area contributed by atoms with Crippen molar-refractivity contribution < 1.29 is 13.2 Å².